The molecule has 0 N–H and O–H groups in total. The van der Waals surface area contributed by atoms with E-state index in [9.17, 15) is 13.6 Å². The monoisotopic (exact) mass is 328 g/mol. The lowest BCUT2D eigenvalue weighted by atomic mass is 10.2. The molecule has 0 atom stereocenters. The highest BCUT2D eigenvalue weighted by atomic mass is 19.3. The summed E-state index contributed by atoms with van der Waals surface area (Å²) in [7, 11) is 3.92. The van der Waals surface area contributed by atoms with Gasteiger partial charge in [-0.15, -0.1) is 0 Å². The van der Waals surface area contributed by atoms with Crippen molar-refractivity contribution in [1.82, 2.24) is 14.7 Å². The van der Waals surface area contributed by atoms with Crippen molar-refractivity contribution in [2.75, 3.05) is 38.6 Å². The van der Waals surface area contributed by atoms with Crippen molar-refractivity contribution < 1.29 is 13.6 Å². The zero-order valence-electron chi connectivity index (χ0n) is 14.0. The number of carbonyl (C=O) groups is 1. The molecule has 1 aliphatic rings. The van der Waals surface area contributed by atoms with Crippen LogP contribution in [0.4, 0.5) is 14.6 Å². The van der Waals surface area contributed by atoms with Crippen LogP contribution in [0.1, 0.15) is 31.4 Å². The van der Waals surface area contributed by atoms with E-state index in [1.165, 1.54) is 0 Å². The number of carbonyl (C=O) groups excluding carboxylic acids is 1. The van der Waals surface area contributed by atoms with Crippen molar-refractivity contribution in [1.29, 1.82) is 0 Å². The van der Waals surface area contributed by atoms with Gasteiger partial charge in [0.1, 0.15) is 12.1 Å². The Morgan fingerprint density at radius 3 is 2.74 bits per heavy atom. The van der Waals surface area contributed by atoms with Crippen LogP contribution in [0.3, 0.4) is 0 Å². The number of nitrogens with zero attached hydrogens (tertiary/aromatic N) is 4. The van der Waals surface area contributed by atoms with Crippen LogP contribution in [0.15, 0.2) is 6.07 Å². The Kier molecular flexibility index (Phi) is 6.10. The molecule has 0 amide bonds. The van der Waals surface area contributed by atoms with Crippen LogP contribution in [0, 0.1) is 0 Å². The third-order valence-corrected chi connectivity index (χ3v) is 4.12. The Bertz CT molecular complexity index is 516. The molecule has 2 heterocycles. The molecule has 5 nitrogen and oxygen atoms in total. The fourth-order valence-electron chi connectivity index (χ4n) is 2.91. The molecule has 0 spiro atoms. The number of anilines is 1. The number of alkyl halides is 2. The summed E-state index contributed by atoms with van der Waals surface area (Å²) in [6.07, 6.45) is 3.81. The minimum absolute atomic E-state index is 0.0247. The first-order chi connectivity index (χ1) is 10.9. The van der Waals surface area contributed by atoms with Gasteiger partial charge >= 0.3 is 0 Å². The SMILES string of the molecule is CN(C)c1cc(CCCN2CCC(F)(F)C2)nn1CCCC=O. The van der Waals surface area contributed by atoms with Gasteiger partial charge in [0, 0.05) is 46.1 Å². The van der Waals surface area contributed by atoms with Crippen LogP contribution in [0.5, 0.6) is 0 Å². The highest BCUT2D eigenvalue weighted by molar-refractivity contribution is 5.49. The summed E-state index contributed by atoms with van der Waals surface area (Å²) in [6.45, 7) is 1.77. The molecule has 1 aromatic heterocycles. The topological polar surface area (TPSA) is 41.4 Å². The van der Waals surface area contributed by atoms with Crippen LogP contribution >= 0.6 is 0 Å². The number of aryl methyl sites for hydroxylation is 2. The third-order valence-electron chi connectivity index (χ3n) is 4.12. The molecule has 130 valence electrons. The summed E-state index contributed by atoms with van der Waals surface area (Å²) in [4.78, 5) is 14.3. The maximum atomic E-state index is 13.1. The van der Waals surface area contributed by atoms with E-state index < -0.39 is 5.92 Å². The summed E-state index contributed by atoms with van der Waals surface area (Å²) in [5.74, 6) is -1.50. The Hall–Kier alpha value is -1.50. The zero-order chi connectivity index (χ0) is 16.9. The standard InChI is InChI=1S/C16H26F2N4O/c1-20(2)15-12-14(19-22(15)9-3-4-11-23)6-5-8-21-10-7-16(17,18)13-21/h11-12H,3-10,13H2,1-2H3. The molecule has 2 rings (SSSR count). The van der Waals surface area contributed by atoms with Crippen LogP contribution in [-0.2, 0) is 17.8 Å². The second-order valence-electron chi connectivity index (χ2n) is 6.41. The van der Waals surface area contributed by atoms with Crippen molar-refractivity contribution in [3.63, 3.8) is 0 Å². The largest absolute Gasteiger partial charge is 0.363 e. The predicted octanol–water partition coefficient (Wildman–Crippen LogP) is 2.20. The lowest BCUT2D eigenvalue weighted by molar-refractivity contribution is -0.107. The first-order valence-corrected chi connectivity index (χ1v) is 8.19. The van der Waals surface area contributed by atoms with E-state index in [0.29, 0.717) is 26.1 Å². The molecular formula is C16H26F2N4O. The molecule has 0 radical (unpaired) electrons. The van der Waals surface area contributed by atoms with Gasteiger partial charge in [0.05, 0.1) is 12.2 Å². The average Bonchev–Trinajstić information content (AvgIpc) is 3.03. The Morgan fingerprint density at radius 2 is 2.13 bits per heavy atom. The lowest BCUT2D eigenvalue weighted by Crippen LogP contribution is -2.26. The number of aromatic nitrogens is 2. The first kappa shape index (κ1) is 17.8. The van der Waals surface area contributed by atoms with Crippen LogP contribution in [-0.4, -0.2) is 60.6 Å². The predicted molar refractivity (Wildman–Crippen MR) is 86.2 cm³/mol. The van der Waals surface area contributed by atoms with Crippen molar-refractivity contribution in [3.8, 4) is 0 Å². The maximum absolute atomic E-state index is 13.1. The normalized spacial score (nSPS) is 17.6. The van der Waals surface area contributed by atoms with Gasteiger partial charge in [0.2, 0.25) is 0 Å². The summed E-state index contributed by atoms with van der Waals surface area (Å²) >= 11 is 0. The number of hydrogen-bond acceptors (Lipinski definition) is 4. The lowest BCUT2D eigenvalue weighted by Gasteiger charge is -2.14. The summed E-state index contributed by atoms with van der Waals surface area (Å²) in [5, 5.41) is 4.59. The molecule has 0 unspecified atom stereocenters. The van der Waals surface area contributed by atoms with Crippen molar-refractivity contribution in [2.24, 2.45) is 0 Å². The molecule has 0 aromatic carbocycles. The smallest absolute Gasteiger partial charge is 0.261 e. The number of halogens is 2. The number of aldehydes is 1. The van der Waals surface area contributed by atoms with E-state index in [1.807, 2.05) is 34.6 Å². The van der Waals surface area contributed by atoms with Gasteiger partial charge < -0.3 is 9.69 Å². The second-order valence-corrected chi connectivity index (χ2v) is 6.41. The number of rotatable bonds is 9. The molecule has 7 heteroatoms. The van der Waals surface area contributed by atoms with Crippen LogP contribution in [0.2, 0.25) is 0 Å². The molecule has 23 heavy (non-hydrogen) atoms. The van der Waals surface area contributed by atoms with Gasteiger partial charge in [-0.25, -0.2) is 13.5 Å². The molecule has 0 bridgehead atoms. The molecule has 1 fully saturated rings. The van der Waals surface area contributed by atoms with Crippen molar-refractivity contribution in [2.45, 2.75) is 44.6 Å². The highest BCUT2D eigenvalue weighted by Gasteiger charge is 2.37. The third kappa shape index (κ3) is 5.27. The summed E-state index contributed by atoms with van der Waals surface area (Å²) in [5.41, 5.74) is 0.978. The van der Waals surface area contributed by atoms with Gasteiger partial charge in [-0.1, -0.05) is 0 Å². The molecule has 0 saturated carbocycles. The Balaban J connectivity index is 1.85. The van der Waals surface area contributed by atoms with Gasteiger partial charge in [-0.05, 0) is 25.8 Å². The molecule has 1 saturated heterocycles. The Morgan fingerprint density at radius 1 is 1.35 bits per heavy atom. The molecule has 0 aliphatic carbocycles. The fourth-order valence-corrected chi connectivity index (χ4v) is 2.91. The van der Waals surface area contributed by atoms with E-state index in [-0.39, 0.29) is 13.0 Å². The highest BCUT2D eigenvalue weighted by Crippen LogP contribution is 2.26. The molecule has 1 aromatic rings. The first-order valence-electron chi connectivity index (χ1n) is 8.19. The number of hydrogen-bond donors (Lipinski definition) is 0. The van der Waals surface area contributed by atoms with Crippen LogP contribution in [0.25, 0.3) is 0 Å². The van der Waals surface area contributed by atoms with E-state index >= 15 is 0 Å². The number of unbranched alkanes of at least 4 members (excludes halogenated alkanes) is 1. The number of likely N-dealkylation sites (tertiary alicyclic amines) is 1. The van der Waals surface area contributed by atoms with Crippen LogP contribution < -0.4 is 4.90 Å². The van der Waals surface area contributed by atoms with E-state index in [4.69, 9.17) is 0 Å². The molecule has 1 aliphatic heterocycles. The van der Waals surface area contributed by atoms with Gasteiger partial charge in [-0.2, -0.15) is 5.10 Å². The summed E-state index contributed by atoms with van der Waals surface area (Å²) < 4.78 is 28.2. The maximum Gasteiger partial charge on any atom is 0.261 e. The van der Waals surface area contributed by atoms with E-state index in [1.54, 1.807) is 0 Å². The average molecular weight is 328 g/mol. The quantitative estimate of drug-likeness (QED) is 0.515. The summed E-state index contributed by atoms with van der Waals surface area (Å²) in [6, 6.07) is 2.04. The minimum Gasteiger partial charge on any atom is -0.363 e. The van der Waals surface area contributed by atoms with E-state index in [0.717, 1.165) is 37.1 Å². The molecular weight excluding hydrogens is 302 g/mol. The van der Waals surface area contributed by atoms with E-state index in [2.05, 4.69) is 5.10 Å². The Labute approximate surface area is 136 Å². The zero-order valence-corrected chi connectivity index (χ0v) is 14.0. The van der Waals surface area contributed by atoms with Gasteiger partial charge in [0.25, 0.3) is 5.92 Å². The second kappa shape index (κ2) is 7.86. The van der Waals surface area contributed by atoms with Gasteiger partial charge in [-0.3, -0.25) is 4.90 Å². The minimum atomic E-state index is -2.52. The fraction of sp³-hybridized carbons (Fsp3) is 0.750. The van der Waals surface area contributed by atoms with Gasteiger partial charge in [0.15, 0.2) is 0 Å². The van der Waals surface area contributed by atoms with Crippen molar-refractivity contribution in [3.05, 3.63) is 11.8 Å². The van der Waals surface area contributed by atoms with Crippen molar-refractivity contribution >= 4 is 12.1 Å².